The fourth-order valence-electron chi connectivity index (χ4n) is 2.74. The number of hydrogen-bond acceptors (Lipinski definition) is 4. The van der Waals surface area contributed by atoms with E-state index in [4.69, 9.17) is 9.57 Å². The molecule has 1 aliphatic carbocycles. The Morgan fingerprint density at radius 1 is 1.42 bits per heavy atom. The van der Waals surface area contributed by atoms with Gasteiger partial charge in [-0.3, -0.25) is 9.63 Å². The van der Waals surface area contributed by atoms with E-state index in [0.717, 1.165) is 18.4 Å². The highest BCUT2D eigenvalue weighted by molar-refractivity contribution is 5.77. The molecule has 1 aromatic rings. The van der Waals surface area contributed by atoms with Crippen LogP contribution in [-0.2, 0) is 20.9 Å². The minimum Gasteiger partial charge on any atom is -0.465 e. The van der Waals surface area contributed by atoms with Crippen molar-refractivity contribution in [1.82, 2.24) is 5.06 Å². The summed E-state index contributed by atoms with van der Waals surface area (Å²) in [6.45, 7) is 3.54. The van der Waals surface area contributed by atoms with Crippen LogP contribution in [0.25, 0.3) is 0 Å². The molecule has 3 rings (SSSR count). The molecule has 1 saturated heterocycles. The van der Waals surface area contributed by atoms with Gasteiger partial charge in [-0.2, -0.15) is 5.06 Å². The molecule has 0 bridgehead atoms. The lowest BCUT2D eigenvalue weighted by atomic mass is 9.98. The number of esters is 1. The van der Waals surface area contributed by atoms with Gasteiger partial charge in [0.25, 0.3) is 0 Å². The predicted octanol–water partition coefficient (Wildman–Crippen LogP) is 2.15. The second-order valence-electron chi connectivity index (χ2n) is 5.35. The quantitative estimate of drug-likeness (QED) is 0.778. The van der Waals surface area contributed by atoms with Gasteiger partial charge < -0.3 is 4.74 Å². The number of benzene rings is 1. The van der Waals surface area contributed by atoms with Gasteiger partial charge in [-0.05, 0) is 25.3 Å². The topological polar surface area (TPSA) is 38.8 Å². The van der Waals surface area contributed by atoms with E-state index in [9.17, 15) is 4.79 Å². The number of ether oxygens (including phenoxy) is 1. The van der Waals surface area contributed by atoms with E-state index >= 15 is 0 Å². The van der Waals surface area contributed by atoms with Crippen LogP contribution in [0.2, 0.25) is 0 Å². The molecule has 1 unspecified atom stereocenters. The van der Waals surface area contributed by atoms with E-state index in [1.54, 1.807) is 5.06 Å². The van der Waals surface area contributed by atoms with Crippen molar-refractivity contribution in [3.05, 3.63) is 35.9 Å². The molecule has 1 aromatic carbocycles. The van der Waals surface area contributed by atoms with Gasteiger partial charge in [-0.1, -0.05) is 30.3 Å². The molecule has 1 aliphatic heterocycles. The first-order valence-electron chi connectivity index (χ1n) is 6.85. The highest BCUT2D eigenvalue weighted by atomic mass is 16.7. The molecule has 1 spiro atoms. The maximum atomic E-state index is 12.2. The predicted molar refractivity (Wildman–Crippen MR) is 70.0 cm³/mol. The van der Waals surface area contributed by atoms with Crippen molar-refractivity contribution in [2.24, 2.45) is 5.41 Å². The van der Waals surface area contributed by atoms with Gasteiger partial charge in [-0.25, -0.2) is 0 Å². The summed E-state index contributed by atoms with van der Waals surface area (Å²) in [4.78, 5) is 17.9. The normalized spacial score (nSPS) is 24.6. The smallest absolute Gasteiger partial charge is 0.326 e. The molecule has 0 aromatic heterocycles. The van der Waals surface area contributed by atoms with Gasteiger partial charge >= 0.3 is 5.97 Å². The van der Waals surface area contributed by atoms with Gasteiger partial charge in [0.05, 0.1) is 19.8 Å². The van der Waals surface area contributed by atoms with Crippen molar-refractivity contribution >= 4 is 5.97 Å². The lowest BCUT2D eigenvalue weighted by Crippen LogP contribution is -2.41. The van der Waals surface area contributed by atoms with Crippen LogP contribution in [0.15, 0.2) is 30.3 Å². The summed E-state index contributed by atoms with van der Waals surface area (Å²) >= 11 is 0. The number of carbonyl (C=O) groups excluding carboxylic acids is 1. The summed E-state index contributed by atoms with van der Waals surface area (Å²) in [5, 5.41) is 1.81. The molecular formula is C15H19NO3. The zero-order valence-corrected chi connectivity index (χ0v) is 11.2. The molecule has 2 aliphatic rings. The summed E-state index contributed by atoms with van der Waals surface area (Å²) in [6.07, 6.45) is 2.11. The molecule has 2 fully saturated rings. The van der Waals surface area contributed by atoms with Gasteiger partial charge in [0.2, 0.25) is 0 Å². The molecule has 0 N–H and O–H groups in total. The standard InChI is InChI=1S/C15H19NO3/c1-2-18-14(17)13-15(8-9-15)11-19-16(13)10-12-6-4-3-5-7-12/h3-7,13H,2,8-11H2,1H3. The van der Waals surface area contributed by atoms with Gasteiger partial charge in [0.1, 0.15) is 6.04 Å². The highest BCUT2D eigenvalue weighted by Crippen LogP contribution is 2.54. The van der Waals surface area contributed by atoms with Crippen LogP contribution >= 0.6 is 0 Å². The molecule has 0 radical (unpaired) electrons. The zero-order valence-electron chi connectivity index (χ0n) is 11.2. The van der Waals surface area contributed by atoms with Gasteiger partial charge in [-0.15, -0.1) is 0 Å². The fraction of sp³-hybridized carbons (Fsp3) is 0.533. The van der Waals surface area contributed by atoms with Crippen LogP contribution in [0.3, 0.4) is 0 Å². The Balaban J connectivity index is 1.75. The summed E-state index contributed by atoms with van der Waals surface area (Å²) in [5.74, 6) is -0.145. The van der Waals surface area contributed by atoms with E-state index in [2.05, 4.69) is 0 Å². The van der Waals surface area contributed by atoms with E-state index in [-0.39, 0.29) is 17.4 Å². The first kappa shape index (κ1) is 12.6. The van der Waals surface area contributed by atoms with E-state index in [0.29, 0.717) is 19.8 Å². The number of nitrogens with zero attached hydrogens (tertiary/aromatic N) is 1. The van der Waals surface area contributed by atoms with Gasteiger partial charge in [0.15, 0.2) is 0 Å². The Bertz CT molecular complexity index is 456. The molecular weight excluding hydrogens is 242 g/mol. The van der Waals surface area contributed by atoms with Crippen molar-refractivity contribution in [3.63, 3.8) is 0 Å². The Labute approximate surface area is 113 Å². The lowest BCUT2D eigenvalue weighted by Gasteiger charge is -2.23. The van der Waals surface area contributed by atoms with E-state index < -0.39 is 0 Å². The van der Waals surface area contributed by atoms with Crippen molar-refractivity contribution in [3.8, 4) is 0 Å². The third-order valence-corrected chi connectivity index (χ3v) is 3.97. The first-order valence-corrected chi connectivity index (χ1v) is 6.85. The maximum Gasteiger partial charge on any atom is 0.326 e. The second kappa shape index (κ2) is 4.94. The molecule has 0 amide bonds. The third-order valence-electron chi connectivity index (χ3n) is 3.97. The Morgan fingerprint density at radius 3 is 2.79 bits per heavy atom. The van der Waals surface area contributed by atoms with Gasteiger partial charge in [0, 0.05) is 5.41 Å². The highest BCUT2D eigenvalue weighted by Gasteiger charge is 2.60. The Morgan fingerprint density at radius 2 is 2.16 bits per heavy atom. The SMILES string of the molecule is CCOC(=O)C1N(Cc2ccccc2)OCC12CC2. The van der Waals surface area contributed by atoms with Crippen molar-refractivity contribution in [1.29, 1.82) is 0 Å². The molecule has 1 heterocycles. The number of carbonyl (C=O) groups is 1. The average molecular weight is 261 g/mol. The van der Waals surface area contributed by atoms with Crippen LogP contribution < -0.4 is 0 Å². The minimum absolute atomic E-state index is 0.0149. The average Bonchev–Trinajstić information content (AvgIpc) is 3.09. The summed E-state index contributed by atoms with van der Waals surface area (Å²) in [5.41, 5.74) is 1.16. The molecule has 1 saturated carbocycles. The monoisotopic (exact) mass is 261 g/mol. The molecule has 1 atom stereocenters. The van der Waals surface area contributed by atoms with Crippen LogP contribution in [0.1, 0.15) is 25.3 Å². The summed E-state index contributed by atoms with van der Waals surface area (Å²) in [6, 6.07) is 9.83. The second-order valence-corrected chi connectivity index (χ2v) is 5.35. The Hall–Kier alpha value is -1.39. The van der Waals surface area contributed by atoms with Crippen LogP contribution in [0, 0.1) is 5.41 Å². The molecule has 102 valence electrons. The van der Waals surface area contributed by atoms with Crippen molar-refractivity contribution < 1.29 is 14.4 Å². The van der Waals surface area contributed by atoms with E-state index in [1.807, 2.05) is 37.3 Å². The van der Waals surface area contributed by atoms with E-state index in [1.165, 1.54) is 0 Å². The lowest BCUT2D eigenvalue weighted by molar-refractivity contribution is -0.174. The van der Waals surface area contributed by atoms with Crippen molar-refractivity contribution in [2.75, 3.05) is 13.2 Å². The number of rotatable bonds is 4. The van der Waals surface area contributed by atoms with Crippen LogP contribution in [0.4, 0.5) is 0 Å². The van der Waals surface area contributed by atoms with Crippen LogP contribution in [0.5, 0.6) is 0 Å². The summed E-state index contributed by atoms with van der Waals surface area (Å²) in [7, 11) is 0. The number of hydrogen-bond donors (Lipinski definition) is 0. The maximum absolute atomic E-state index is 12.2. The largest absolute Gasteiger partial charge is 0.465 e. The first-order chi connectivity index (χ1) is 9.25. The van der Waals surface area contributed by atoms with Crippen molar-refractivity contribution in [2.45, 2.75) is 32.4 Å². The fourth-order valence-corrected chi connectivity index (χ4v) is 2.74. The summed E-state index contributed by atoms with van der Waals surface area (Å²) < 4.78 is 5.21. The molecule has 4 heteroatoms. The number of hydroxylamine groups is 2. The minimum atomic E-state index is -0.243. The Kier molecular flexibility index (Phi) is 3.29. The zero-order chi connectivity index (χ0) is 13.3. The third kappa shape index (κ3) is 2.38. The molecule has 4 nitrogen and oxygen atoms in total. The molecule has 19 heavy (non-hydrogen) atoms. The van der Waals surface area contributed by atoms with Crippen LogP contribution in [-0.4, -0.2) is 30.3 Å².